The second-order valence-electron chi connectivity index (χ2n) is 8.19. The van der Waals surface area contributed by atoms with Crippen LogP contribution in [0.2, 0.25) is 0 Å². The molecule has 0 saturated heterocycles. The molecule has 0 aliphatic heterocycles. The van der Waals surface area contributed by atoms with Crippen molar-refractivity contribution >= 4 is 43.4 Å². The Labute approximate surface area is 226 Å². The number of hydrogen-bond donors (Lipinski definition) is 0. The van der Waals surface area contributed by atoms with Crippen molar-refractivity contribution in [1.29, 1.82) is 0 Å². The van der Waals surface area contributed by atoms with Gasteiger partial charge in [0.15, 0.2) is 0 Å². The van der Waals surface area contributed by atoms with Gasteiger partial charge in [-0.25, -0.2) is 0 Å². The van der Waals surface area contributed by atoms with Crippen LogP contribution in [0.25, 0.3) is 54.5 Å². The monoisotopic (exact) mass is 661 g/mol. The Bertz CT molecular complexity index is 1740. The van der Waals surface area contributed by atoms with Crippen molar-refractivity contribution in [2.45, 2.75) is 6.92 Å². The second kappa shape index (κ2) is 10.5. The van der Waals surface area contributed by atoms with E-state index >= 15 is 0 Å². The first-order valence-electron chi connectivity index (χ1n) is 11.3. The molecule has 0 fully saturated rings. The molecule has 0 aliphatic carbocycles. The molecule has 3 aromatic carbocycles. The van der Waals surface area contributed by atoms with Gasteiger partial charge in [-0.05, 0) is 58.9 Å². The average Bonchev–Trinajstić information content (AvgIpc) is 3.55. The summed E-state index contributed by atoms with van der Waals surface area (Å²) in [5.74, 6) is 0. The van der Waals surface area contributed by atoms with Crippen LogP contribution in [0.1, 0.15) is 5.56 Å². The first-order chi connectivity index (χ1) is 17.3. The van der Waals surface area contributed by atoms with E-state index in [4.69, 9.17) is 4.42 Å². The summed E-state index contributed by atoms with van der Waals surface area (Å²) in [5, 5.41) is 5.70. The standard InChI is InChI=1S/C19H10NOS.C12H10N.Ir/c1-2-10-20-15(6-1)13-4-3-5-14-17-16(21-18(13)14)8-7-12-9-11-22-19(12)17;1-10-7-8-12(13-9-10)11-5-3-2-4-6-11;/h1-3,5-11H;2-5,7-9H,1H3;/q2*-1;. The molecule has 0 saturated carbocycles. The molecule has 36 heavy (non-hydrogen) atoms. The number of thiophene rings is 1. The minimum atomic E-state index is 0. The van der Waals surface area contributed by atoms with E-state index in [9.17, 15) is 0 Å². The van der Waals surface area contributed by atoms with Gasteiger partial charge in [0.2, 0.25) is 0 Å². The van der Waals surface area contributed by atoms with E-state index in [0.29, 0.717) is 0 Å². The van der Waals surface area contributed by atoms with Crippen LogP contribution < -0.4 is 0 Å². The quantitative estimate of drug-likeness (QED) is 0.175. The SMILES string of the molecule is Cc1ccc(-c2[c-]cccc2)nc1.[Ir].[c-]1ccc2c(oc3ccc4ccsc4c32)c1-c1ccccn1. The van der Waals surface area contributed by atoms with E-state index in [1.165, 1.54) is 21.0 Å². The smallest absolute Gasteiger partial charge is 0.122 e. The van der Waals surface area contributed by atoms with E-state index in [-0.39, 0.29) is 20.1 Å². The van der Waals surface area contributed by atoms with Crippen molar-refractivity contribution in [3.63, 3.8) is 0 Å². The Balaban J connectivity index is 0.000000164. The Morgan fingerprint density at radius 1 is 0.806 bits per heavy atom. The number of benzene rings is 3. The second-order valence-corrected chi connectivity index (χ2v) is 9.10. The number of aromatic nitrogens is 2. The molecule has 7 rings (SSSR count). The third-order valence-electron chi connectivity index (χ3n) is 5.83. The Morgan fingerprint density at radius 3 is 2.50 bits per heavy atom. The predicted octanol–water partition coefficient (Wildman–Crippen LogP) is 8.52. The molecule has 4 aromatic heterocycles. The molecule has 3 nitrogen and oxygen atoms in total. The molecule has 4 heterocycles. The maximum atomic E-state index is 6.15. The molecule has 0 aliphatic rings. The summed E-state index contributed by atoms with van der Waals surface area (Å²) < 4.78 is 7.42. The Hall–Kier alpha value is -3.63. The summed E-state index contributed by atoms with van der Waals surface area (Å²) in [4.78, 5) is 8.75. The number of fused-ring (bicyclic) bond motifs is 5. The van der Waals surface area contributed by atoms with Crippen molar-refractivity contribution < 1.29 is 24.5 Å². The van der Waals surface area contributed by atoms with Gasteiger partial charge >= 0.3 is 0 Å². The molecule has 0 atom stereocenters. The van der Waals surface area contributed by atoms with Crippen LogP contribution in [-0.2, 0) is 20.1 Å². The maximum Gasteiger partial charge on any atom is 0.122 e. The summed E-state index contributed by atoms with van der Waals surface area (Å²) in [5.41, 5.74) is 6.78. The van der Waals surface area contributed by atoms with Gasteiger partial charge in [0.25, 0.3) is 0 Å². The number of hydrogen-bond acceptors (Lipinski definition) is 4. The summed E-state index contributed by atoms with van der Waals surface area (Å²) in [6, 6.07) is 34.6. The third-order valence-corrected chi connectivity index (χ3v) is 6.78. The van der Waals surface area contributed by atoms with Gasteiger partial charge in [0, 0.05) is 42.6 Å². The van der Waals surface area contributed by atoms with E-state index < -0.39 is 0 Å². The summed E-state index contributed by atoms with van der Waals surface area (Å²) in [6.45, 7) is 2.03. The van der Waals surface area contributed by atoms with E-state index in [2.05, 4.69) is 51.7 Å². The normalized spacial score (nSPS) is 10.7. The Morgan fingerprint density at radius 2 is 1.72 bits per heavy atom. The fourth-order valence-corrected chi connectivity index (χ4v) is 5.08. The molecule has 0 amide bonds. The van der Waals surface area contributed by atoms with Crippen molar-refractivity contribution in [3.8, 4) is 22.5 Å². The van der Waals surface area contributed by atoms with E-state index in [1.54, 1.807) is 17.5 Å². The summed E-state index contributed by atoms with van der Waals surface area (Å²) in [6.07, 6.45) is 3.66. The molecule has 0 bridgehead atoms. The predicted molar refractivity (Wildman–Crippen MR) is 144 cm³/mol. The number of aryl methyl sites for hydroxylation is 1. The molecule has 5 heteroatoms. The average molecular weight is 661 g/mol. The van der Waals surface area contributed by atoms with Crippen molar-refractivity contribution in [3.05, 3.63) is 120 Å². The van der Waals surface area contributed by atoms with Gasteiger partial charge in [-0.1, -0.05) is 35.2 Å². The largest absolute Gasteiger partial charge is 0.501 e. The van der Waals surface area contributed by atoms with Crippen molar-refractivity contribution in [2.75, 3.05) is 0 Å². The maximum absolute atomic E-state index is 6.15. The molecular formula is C31H20IrN2OS-2. The van der Waals surface area contributed by atoms with Crippen LogP contribution in [0.3, 0.4) is 0 Å². The first-order valence-corrected chi connectivity index (χ1v) is 12.2. The van der Waals surface area contributed by atoms with E-state index in [1.807, 2.05) is 73.8 Å². The molecule has 177 valence electrons. The van der Waals surface area contributed by atoms with Gasteiger partial charge in [0.1, 0.15) is 5.58 Å². The van der Waals surface area contributed by atoms with Gasteiger partial charge in [-0.3, -0.25) is 0 Å². The fourth-order valence-electron chi connectivity index (χ4n) is 4.13. The van der Waals surface area contributed by atoms with Crippen LogP contribution in [0.5, 0.6) is 0 Å². The van der Waals surface area contributed by atoms with Crippen LogP contribution >= 0.6 is 11.3 Å². The van der Waals surface area contributed by atoms with Crippen molar-refractivity contribution in [2.24, 2.45) is 0 Å². The van der Waals surface area contributed by atoms with Crippen LogP contribution in [0.15, 0.2) is 107 Å². The molecule has 0 unspecified atom stereocenters. The minimum Gasteiger partial charge on any atom is -0.501 e. The topological polar surface area (TPSA) is 38.9 Å². The molecule has 1 radical (unpaired) electrons. The molecule has 7 aromatic rings. The zero-order chi connectivity index (χ0) is 23.6. The van der Waals surface area contributed by atoms with Gasteiger partial charge in [-0.2, -0.15) is 0 Å². The van der Waals surface area contributed by atoms with Gasteiger partial charge in [0.05, 0.1) is 5.58 Å². The van der Waals surface area contributed by atoms with Gasteiger partial charge in [-0.15, -0.1) is 65.4 Å². The van der Waals surface area contributed by atoms with Crippen LogP contribution in [0.4, 0.5) is 0 Å². The molecular weight excluding hydrogens is 641 g/mol. The minimum absolute atomic E-state index is 0. The summed E-state index contributed by atoms with van der Waals surface area (Å²) in [7, 11) is 0. The van der Waals surface area contributed by atoms with Gasteiger partial charge < -0.3 is 14.4 Å². The van der Waals surface area contributed by atoms with E-state index in [0.717, 1.165) is 39.1 Å². The number of furan rings is 1. The fraction of sp³-hybridized carbons (Fsp3) is 0.0323. The van der Waals surface area contributed by atoms with Crippen LogP contribution in [-0.4, -0.2) is 9.97 Å². The summed E-state index contributed by atoms with van der Waals surface area (Å²) >= 11 is 1.75. The van der Waals surface area contributed by atoms with Crippen molar-refractivity contribution in [1.82, 2.24) is 9.97 Å². The van der Waals surface area contributed by atoms with Crippen LogP contribution in [0, 0.1) is 19.1 Å². The molecule has 0 spiro atoms. The molecule has 0 N–H and O–H groups in total. The Kier molecular flexibility index (Phi) is 7.06. The number of pyridine rings is 2. The zero-order valence-corrected chi connectivity index (χ0v) is 22.6. The third kappa shape index (κ3) is 4.61. The zero-order valence-electron chi connectivity index (χ0n) is 19.4. The first kappa shape index (κ1) is 24.1. The number of rotatable bonds is 2. The number of nitrogens with zero attached hydrogens (tertiary/aromatic N) is 2.